The van der Waals surface area contributed by atoms with Gasteiger partial charge in [-0.1, -0.05) is 121 Å². The normalized spacial score (nSPS) is 24.4. The van der Waals surface area contributed by atoms with Crippen molar-refractivity contribution in [3.63, 3.8) is 0 Å². The third-order valence-corrected chi connectivity index (χ3v) is 4.48. The molecule has 0 aromatic heterocycles. The van der Waals surface area contributed by atoms with Gasteiger partial charge in [-0.25, -0.2) is 0 Å². The zero-order valence-corrected chi connectivity index (χ0v) is 23.4. The Morgan fingerprint density at radius 2 is 0.600 bits per heavy atom. The number of carbonyl (C=O) groups is 2. The number of hydrogen-bond donors (Lipinski definition) is 0. The van der Waals surface area contributed by atoms with Gasteiger partial charge in [0.2, 0.25) is 0 Å². The average molecular weight is 521 g/mol. The van der Waals surface area contributed by atoms with Crippen LogP contribution in [0.1, 0.15) is 27.7 Å². The van der Waals surface area contributed by atoms with E-state index >= 15 is 0 Å². The molecule has 0 radical (unpaired) electrons. The van der Waals surface area contributed by atoms with Crippen LogP contribution in [0.5, 0.6) is 0 Å². The minimum absolute atomic E-state index is 0.130. The van der Waals surface area contributed by atoms with Crippen molar-refractivity contribution in [2.45, 2.75) is 27.7 Å². The second kappa shape index (κ2) is 21.5. The molecule has 0 atom stereocenters. The van der Waals surface area contributed by atoms with E-state index in [1.807, 2.05) is 76.3 Å². The summed E-state index contributed by atoms with van der Waals surface area (Å²) in [6.45, 7) is 7.50. The predicted octanol–water partition coefficient (Wildman–Crippen LogP) is 7.39. The zero-order valence-electron chi connectivity index (χ0n) is 23.4. The number of rotatable bonds is 0. The van der Waals surface area contributed by atoms with Gasteiger partial charge in [0, 0.05) is 0 Å². The van der Waals surface area contributed by atoms with Crippen LogP contribution >= 0.6 is 0 Å². The molecule has 2 nitrogen and oxygen atoms in total. The minimum Gasteiger partial charge on any atom is -0.290 e. The molecule has 0 heterocycles. The summed E-state index contributed by atoms with van der Waals surface area (Å²) in [7, 11) is 0. The van der Waals surface area contributed by atoms with Crippen molar-refractivity contribution in [1.29, 1.82) is 0 Å². The molecule has 0 bridgehead atoms. The molecule has 0 spiro atoms. The highest BCUT2D eigenvalue weighted by molar-refractivity contribution is 6.00. The van der Waals surface area contributed by atoms with E-state index in [2.05, 4.69) is 47.4 Å². The van der Waals surface area contributed by atoms with Crippen LogP contribution < -0.4 is 0 Å². The van der Waals surface area contributed by atoms with Gasteiger partial charge < -0.3 is 0 Å². The minimum atomic E-state index is -0.130. The molecule has 0 aromatic carbocycles. The summed E-state index contributed by atoms with van der Waals surface area (Å²) in [5, 5.41) is 0. The number of ketones is 2. The highest BCUT2D eigenvalue weighted by Gasteiger charge is 1.86. The first kappa shape index (κ1) is 32.5. The molecule has 1 aliphatic rings. The quantitative estimate of drug-likeness (QED) is 0.312. The Balaban J connectivity index is 3.07. The monoisotopic (exact) mass is 520 g/mol. The number of carbonyl (C=O) groups excluding carboxylic acids is 2. The molecule has 1 aliphatic carbocycles. The van der Waals surface area contributed by atoms with E-state index in [-0.39, 0.29) is 11.6 Å². The van der Waals surface area contributed by atoms with Gasteiger partial charge in [0.05, 0.1) is 0 Å². The summed E-state index contributed by atoms with van der Waals surface area (Å²) in [5.74, 6) is 22.8. The van der Waals surface area contributed by atoms with Gasteiger partial charge in [-0.3, -0.25) is 9.59 Å². The standard InChI is InChI=1S/C38H32O2/c1-33-21-11-7-5-9-13-29-37(39)31-19-27-35(3)25-17-18-26-36(4)28-20-32-38(40)30-14-10-6-8-12-22-34(2)24-16-15-23-33/h5-14,19-22,27-32H,1-4H3/b9-5+,10-6+,11-7+,12-8+,29-13+,30-14+,31-19+,32-20+,33-21-,34-22?,35-27?,36-28-. The van der Waals surface area contributed by atoms with Gasteiger partial charge >= 0.3 is 0 Å². The Bertz CT molecular complexity index is 1430. The van der Waals surface area contributed by atoms with Crippen LogP contribution in [0, 0.1) is 47.4 Å². The Morgan fingerprint density at radius 3 is 0.950 bits per heavy atom. The molecule has 0 aliphatic heterocycles. The lowest BCUT2D eigenvalue weighted by atomic mass is 10.2. The van der Waals surface area contributed by atoms with Crippen LogP contribution in [0.25, 0.3) is 0 Å². The molecule has 2 heteroatoms. The first-order valence-electron chi connectivity index (χ1n) is 12.6. The third-order valence-electron chi connectivity index (χ3n) is 4.48. The third kappa shape index (κ3) is 19.6. The lowest BCUT2D eigenvalue weighted by Crippen LogP contribution is -1.83. The van der Waals surface area contributed by atoms with E-state index in [4.69, 9.17) is 0 Å². The SMILES string of the molecule is CC1=C/C=C/C=C/C=C/C(=O)/C=C/C=C(/C)C#CC#CC(C)=C/C=C/C(=O)/C=C/C=C/C=C/C=C(/C)C#CC#C1. The molecule has 0 saturated heterocycles. The molecule has 0 unspecified atom stereocenters. The Kier molecular flexibility index (Phi) is 17.5. The average Bonchev–Trinajstić information content (AvgIpc) is 2.92. The fraction of sp³-hybridized carbons (Fsp3) is 0.105. The Morgan fingerprint density at radius 1 is 0.350 bits per heavy atom. The highest BCUT2D eigenvalue weighted by atomic mass is 16.1. The largest absolute Gasteiger partial charge is 0.290 e. The molecule has 0 fully saturated rings. The van der Waals surface area contributed by atoms with Crippen LogP contribution in [0.3, 0.4) is 0 Å². The molecule has 0 saturated carbocycles. The maximum atomic E-state index is 11.9. The summed E-state index contributed by atoms with van der Waals surface area (Å²) in [4.78, 5) is 23.9. The van der Waals surface area contributed by atoms with Crippen LogP contribution in [0.4, 0.5) is 0 Å². The second-order valence-corrected chi connectivity index (χ2v) is 8.18. The van der Waals surface area contributed by atoms with Crippen molar-refractivity contribution in [2.75, 3.05) is 0 Å². The fourth-order valence-corrected chi connectivity index (χ4v) is 2.46. The Hall–Kier alpha value is -5.54. The van der Waals surface area contributed by atoms with Crippen molar-refractivity contribution in [1.82, 2.24) is 0 Å². The first-order valence-corrected chi connectivity index (χ1v) is 12.6. The molecular formula is C38H32O2. The zero-order chi connectivity index (χ0) is 29.3. The van der Waals surface area contributed by atoms with Crippen molar-refractivity contribution in [3.05, 3.63) is 144 Å². The lowest BCUT2D eigenvalue weighted by molar-refractivity contribution is -0.111. The van der Waals surface area contributed by atoms with Crippen molar-refractivity contribution in [3.8, 4) is 47.4 Å². The van der Waals surface area contributed by atoms with E-state index in [1.165, 1.54) is 24.3 Å². The van der Waals surface area contributed by atoms with E-state index in [1.54, 1.807) is 48.6 Å². The summed E-state index contributed by atoms with van der Waals surface area (Å²) in [6, 6.07) is 0. The van der Waals surface area contributed by atoms with Crippen molar-refractivity contribution >= 4 is 11.6 Å². The molecular weight excluding hydrogens is 488 g/mol. The van der Waals surface area contributed by atoms with Crippen LogP contribution in [-0.2, 0) is 9.59 Å². The molecule has 0 N–H and O–H groups in total. The van der Waals surface area contributed by atoms with Crippen molar-refractivity contribution < 1.29 is 9.59 Å². The van der Waals surface area contributed by atoms with Crippen LogP contribution in [-0.4, -0.2) is 11.6 Å². The van der Waals surface area contributed by atoms with Crippen LogP contribution in [0.2, 0.25) is 0 Å². The molecule has 0 aromatic rings. The summed E-state index contributed by atoms with van der Waals surface area (Å²) >= 11 is 0. The van der Waals surface area contributed by atoms with Gasteiger partial charge in [-0.05, 0) is 98.0 Å². The summed E-state index contributed by atoms with van der Waals surface area (Å²) < 4.78 is 0. The van der Waals surface area contributed by atoms with Crippen LogP contribution in [0.15, 0.2) is 144 Å². The van der Waals surface area contributed by atoms with Gasteiger partial charge in [-0.15, -0.1) is 0 Å². The van der Waals surface area contributed by atoms with E-state index in [9.17, 15) is 9.59 Å². The topological polar surface area (TPSA) is 34.1 Å². The molecule has 0 amide bonds. The van der Waals surface area contributed by atoms with Gasteiger partial charge in [0.25, 0.3) is 0 Å². The maximum absolute atomic E-state index is 11.9. The van der Waals surface area contributed by atoms with Gasteiger partial charge in [-0.2, -0.15) is 0 Å². The van der Waals surface area contributed by atoms with E-state index < -0.39 is 0 Å². The predicted molar refractivity (Wildman–Crippen MR) is 169 cm³/mol. The first-order chi connectivity index (χ1) is 19.4. The van der Waals surface area contributed by atoms with E-state index in [0.717, 1.165) is 22.3 Å². The maximum Gasteiger partial charge on any atom is 0.178 e. The van der Waals surface area contributed by atoms with Crippen molar-refractivity contribution in [2.24, 2.45) is 0 Å². The molecule has 196 valence electrons. The van der Waals surface area contributed by atoms with Gasteiger partial charge in [0.1, 0.15) is 0 Å². The highest BCUT2D eigenvalue weighted by Crippen LogP contribution is 1.95. The smallest absolute Gasteiger partial charge is 0.178 e. The number of hydrogen-bond acceptors (Lipinski definition) is 2. The fourth-order valence-electron chi connectivity index (χ4n) is 2.46. The number of allylic oxidation sites excluding steroid dienone is 24. The Labute approximate surface area is 239 Å². The second-order valence-electron chi connectivity index (χ2n) is 8.18. The lowest BCUT2D eigenvalue weighted by Gasteiger charge is -1.84. The molecule has 40 heavy (non-hydrogen) atoms. The van der Waals surface area contributed by atoms with E-state index in [0.29, 0.717) is 0 Å². The summed E-state index contributed by atoms with van der Waals surface area (Å²) in [6.07, 6.45) is 34.5. The molecule has 1 rings (SSSR count). The van der Waals surface area contributed by atoms with Gasteiger partial charge in [0.15, 0.2) is 11.6 Å². The summed E-state index contributed by atoms with van der Waals surface area (Å²) in [5.41, 5.74) is 3.32.